The second-order valence-electron chi connectivity index (χ2n) is 3.41. The maximum Gasteiger partial charge on any atom is 0.270 e. The van der Waals surface area contributed by atoms with Crippen LogP contribution in [0.4, 0.5) is 4.39 Å². The fourth-order valence-electron chi connectivity index (χ4n) is 1.43. The standard InChI is InChI=1S/C11H8ClFO3S2/c1-16-9-3-2-7(6-8(9)13)10-4-5-11(17-10)18(12,14)15/h2-6H,1H3. The highest BCUT2D eigenvalue weighted by molar-refractivity contribution is 8.15. The lowest BCUT2D eigenvalue weighted by Crippen LogP contribution is -1.87. The molecule has 18 heavy (non-hydrogen) atoms. The van der Waals surface area contributed by atoms with Crippen LogP contribution in [0.1, 0.15) is 0 Å². The van der Waals surface area contributed by atoms with Gasteiger partial charge in [-0.2, -0.15) is 0 Å². The number of methoxy groups -OCH3 is 1. The number of rotatable bonds is 3. The molecule has 0 spiro atoms. The zero-order valence-corrected chi connectivity index (χ0v) is 11.6. The fraction of sp³-hybridized carbons (Fsp3) is 0.0909. The quantitative estimate of drug-likeness (QED) is 0.815. The summed E-state index contributed by atoms with van der Waals surface area (Å²) in [4.78, 5) is 0.621. The van der Waals surface area contributed by atoms with Crippen LogP contribution in [0.3, 0.4) is 0 Å². The molecule has 7 heteroatoms. The Morgan fingerprint density at radius 1 is 1.28 bits per heavy atom. The fourth-order valence-corrected chi connectivity index (χ4v) is 3.50. The first-order valence-electron chi connectivity index (χ1n) is 4.80. The van der Waals surface area contributed by atoms with Crippen molar-refractivity contribution in [3.63, 3.8) is 0 Å². The molecule has 0 saturated carbocycles. The molecule has 0 N–H and O–H groups in total. The van der Waals surface area contributed by atoms with E-state index in [1.165, 1.54) is 25.3 Å². The van der Waals surface area contributed by atoms with Crippen molar-refractivity contribution in [2.24, 2.45) is 0 Å². The van der Waals surface area contributed by atoms with E-state index in [0.717, 1.165) is 11.3 Å². The van der Waals surface area contributed by atoms with Gasteiger partial charge in [0, 0.05) is 15.6 Å². The van der Waals surface area contributed by atoms with Gasteiger partial charge in [0.15, 0.2) is 11.6 Å². The van der Waals surface area contributed by atoms with Crippen molar-refractivity contribution in [3.8, 4) is 16.2 Å². The van der Waals surface area contributed by atoms with Gasteiger partial charge in [-0.05, 0) is 35.9 Å². The number of ether oxygens (including phenoxy) is 1. The average molecular weight is 307 g/mol. The van der Waals surface area contributed by atoms with Gasteiger partial charge < -0.3 is 4.74 Å². The van der Waals surface area contributed by atoms with Gasteiger partial charge in [-0.3, -0.25) is 0 Å². The number of hydrogen-bond donors (Lipinski definition) is 0. The summed E-state index contributed by atoms with van der Waals surface area (Å²) in [5.74, 6) is -0.362. The smallest absolute Gasteiger partial charge is 0.270 e. The molecule has 0 amide bonds. The zero-order chi connectivity index (χ0) is 13.3. The SMILES string of the molecule is COc1ccc(-c2ccc(S(=O)(=O)Cl)s2)cc1F. The molecule has 2 aromatic rings. The Kier molecular flexibility index (Phi) is 3.61. The Balaban J connectivity index is 2.44. The minimum Gasteiger partial charge on any atom is -0.494 e. The lowest BCUT2D eigenvalue weighted by molar-refractivity contribution is 0.386. The lowest BCUT2D eigenvalue weighted by atomic mass is 10.2. The Hall–Kier alpha value is -1.11. The van der Waals surface area contributed by atoms with Crippen molar-refractivity contribution in [3.05, 3.63) is 36.1 Å². The summed E-state index contributed by atoms with van der Waals surface area (Å²) < 4.78 is 40.6. The first-order valence-corrected chi connectivity index (χ1v) is 7.93. The minimum absolute atomic E-state index is 0.0374. The van der Waals surface area contributed by atoms with Crippen LogP contribution in [0.2, 0.25) is 0 Å². The van der Waals surface area contributed by atoms with Crippen LogP contribution in [-0.2, 0) is 9.05 Å². The number of thiophene rings is 1. The van der Waals surface area contributed by atoms with Crippen LogP contribution >= 0.6 is 22.0 Å². The third kappa shape index (κ3) is 2.66. The molecule has 0 bridgehead atoms. The predicted molar refractivity (Wildman–Crippen MR) is 69.3 cm³/mol. The van der Waals surface area contributed by atoms with Gasteiger partial charge in [0.05, 0.1) is 7.11 Å². The summed E-state index contributed by atoms with van der Waals surface area (Å²) in [6, 6.07) is 7.40. The Morgan fingerprint density at radius 3 is 2.50 bits per heavy atom. The van der Waals surface area contributed by atoms with Crippen molar-refractivity contribution < 1.29 is 17.5 Å². The first-order chi connectivity index (χ1) is 8.41. The van der Waals surface area contributed by atoms with Crippen LogP contribution in [0.25, 0.3) is 10.4 Å². The molecule has 2 rings (SSSR count). The van der Waals surface area contributed by atoms with Gasteiger partial charge in [-0.1, -0.05) is 0 Å². The summed E-state index contributed by atoms with van der Waals surface area (Å²) in [5, 5.41) is 0. The van der Waals surface area contributed by atoms with Gasteiger partial charge in [0.25, 0.3) is 9.05 Å². The van der Waals surface area contributed by atoms with Gasteiger partial charge in [-0.15, -0.1) is 11.3 Å². The molecule has 0 aliphatic carbocycles. The van der Waals surface area contributed by atoms with Crippen molar-refractivity contribution >= 4 is 31.1 Å². The van der Waals surface area contributed by atoms with Crippen LogP contribution in [0.15, 0.2) is 34.5 Å². The normalized spacial score (nSPS) is 11.5. The maximum absolute atomic E-state index is 13.5. The van der Waals surface area contributed by atoms with E-state index in [0.29, 0.717) is 10.4 Å². The van der Waals surface area contributed by atoms with Crippen molar-refractivity contribution in [2.45, 2.75) is 4.21 Å². The topological polar surface area (TPSA) is 43.4 Å². The molecule has 0 aliphatic heterocycles. The number of halogens is 2. The summed E-state index contributed by atoms with van der Waals surface area (Å²) in [6.45, 7) is 0. The first kappa shape index (κ1) is 13.3. The van der Waals surface area contributed by atoms with E-state index in [4.69, 9.17) is 15.4 Å². The number of benzene rings is 1. The van der Waals surface area contributed by atoms with E-state index in [9.17, 15) is 12.8 Å². The van der Waals surface area contributed by atoms with E-state index < -0.39 is 14.9 Å². The summed E-state index contributed by atoms with van der Waals surface area (Å²) >= 11 is 0.988. The summed E-state index contributed by atoms with van der Waals surface area (Å²) in [7, 11) is 2.86. The van der Waals surface area contributed by atoms with Crippen LogP contribution in [0.5, 0.6) is 5.75 Å². The van der Waals surface area contributed by atoms with Gasteiger partial charge in [0.1, 0.15) is 4.21 Å². The summed E-state index contributed by atoms with van der Waals surface area (Å²) in [6.07, 6.45) is 0. The molecular weight excluding hydrogens is 299 g/mol. The molecule has 0 radical (unpaired) electrons. The van der Waals surface area contributed by atoms with Crippen molar-refractivity contribution in [1.29, 1.82) is 0 Å². The van der Waals surface area contributed by atoms with E-state index in [-0.39, 0.29) is 9.96 Å². The molecule has 1 heterocycles. The monoisotopic (exact) mass is 306 g/mol. The van der Waals surface area contributed by atoms with E-state index in [1.54, 1.807) is 12.1 Å². The molecule has 1 aromatic carbocycles. The largest absolute Gasteiger partial charge is 0.494 e. The van der Waals surface area contributed by atoms with E-state index in [2.05, 4.69) is 0 Å². The third-order valence-corrected chi connectivity index (χ3v) is 5.49. The van der Waals surface area contributed by atoms with Crippen molar-refractivity contribution in [1.82, 2.24) is 0 Å². The summed E-state index contributed by atoms with van der Waals surface area (Å²) in [5.41, 5.74) is 0.574. The van der Waals surface area contributed by atoms with Gasteiger partial charge in [-0.25, -0.2) is 12.8 Å². The molecule has 3 nitrogen and oxygen atoms in total. The predicted octanol–water partition coefficient (Wildman–Crippen LogP) is 3.49. The highest BCUT2D eigenvalue weighted by Gasteiger charge is 2.14. The maximum atomic E-state index is 13.5. The Morgan fingerprint density at radius 2 is 2.00 bits per heavy atom. The highest BCUT2D eigenvalue weighted by atomic mass is 35.7. The zero-order valence-electron chi connectivity index (χ0n) is 9.18. The van der Waals surface area contributed by atoms with Gasteiger partial charge >= 0.3 is 0 Å². The molecule has 0 aliphatic rings. The average Bonchev–Trinajstić information content (AvgIpc) is 2.77. The van der Waals surface area contributed by atoms with Crippen LogP contribution in [0, 0.1) is 5.82 Å². The van der Waals surface area contributed by atoms with Crippen molar-refractivity contribution in [2.75, 3.05) is 7.11 Å². The molecule has 0 atom stereocenters. The lowest BCUT2D eigenvalue weighted by Gasteiger charge is -2.03. The molecule has 0 saturated heterocycles. The second kappa shape index (κ2) is 4.87. The second-order valence-corrected chi connectivity index (χ2v) is 7.28. The number of hydrogen-bond acceptors (Lipinski definition) is 4. The third-order valence-electron chi connectivity index (χ3n) is 2.26. The van der Waals surface area contributed by atoms with E-state index in [1.807, 2.05) is 0 Å². The highest BCUT2D eigenvalue weighted by Crippen LogP contribution is 2.33. The molecular formula is C11H8ClFO3S2. The Labute approximate surface area is 112 Å². The van der Waals surface area contributed by atoms with Gasteiger partial charge in [0.2, 0.25) is 0 Å². The van der Waals surface area contributed by atoms with E-state index >= 15 is 0 Å². The molecule has 0 fully saturated rings. The minimum atomic E-state index is -3.74. The van der Waals surface area contributed by atoms with Crippen LogP contribution in [-0.4, -0.2) is 15.5 Å². The Bertz CT molecular complexity index is 679. The molecule has 1 aromatic heterocycles. The van der Waals surface area contributed by atoms with Crippen LogP contribution < -0.4 is 4.74 Å². The molecule has 96 valence electrons. The molecule has 0 unspecified atom stereocenters.